The maximum absolute atomic E-state index is 12.0. The Labute approximate surface area is 110 Å². The molecule has 3 amide bonds. The SMILES string of the molecule is CC(C)N1C(=O)CC(NC(=O)Cc2ccoc2)C1=O. The van der Waals surface area contributed by atoms with E-state index in [2.05, 4.69) is 5.32 Å². The van der Waals surface area contributed by atoms with Gasteiger partial charge in [0.15, 0.2) is 0 Å². The molecule has 1 unspecified atom stereocenters. The first kappa shape index (κ1) is 13.3. The van der Waals surface area contributed by atoms with Crippen molar-refractivity contribution >= 4 is 17.7 Å². The molecule has 1 N–H and O–H groups in total. The molecular formula is C13H16N2O4. The van der Waals surface area contributed by atoms with Crippen LogP contribution in [0.5, 0.6) is 0 Å². The highest BCUT2D eigenvalue weighted by molar-refractivity contribution is 6.07. The van der Waals surface area contributed by atoms with E-state index < -0.39 is 6.04 Å². The Kier molecular flexibility index (Phi) is 3.69. The Hall–Kier alpha value is -2.11. The summed E-state index contributed by atoms with van der Waals surface area (Å²) in [7, 11) is 0. The number of amides is 3. The number of nitrogens with zero attached hydrogens (tertiary/aromatic N) is 1. The maximum atomic E-state index is 12.0. The summed E-state index contributed by atoms with van der Waals surface area (Å²) in [5.41, 5.74) is 0.731. The van der Waals surface area contributed by atoms with Gasteiger partial charge in [0.1, 0.15) is 6.04 Å². The third kappa shape index (κ3) is 2.83. The van der Waals surface area contributed by atoms with E-state index in [0.29, 0.717) is 0 Å². The zero-order valence-electron chi connectivity index (χ0n) is 10.9. The molecule has 0 saturated carbocycles. The fourth-order valence-electron chi connectivity index (χ4n) is 2.13. The summed E-state index contributed by atoms with van der Waals surface area (Å²) in [6.45, 7) is 3.54. The standard InChI is InChI=1S/C13H16N2O4/c1-8(2)15-12(17)6-10(13(15)18)14-11(16)5-9-3-4-19-7-9/h3-4,7-8,10H,5-6H2,1-2H3,(H,14,16). The van der Waals surface area contributed by atoms with Crippen molar-refractivity contribution in [2.24, 2.45) is 0 Å². The second kappa shape index (κ2) is 5.26. The van der Waals surface area contributed by atoms with Crippen LogP contribution in [-0.4, -0.2) is 34.7 Å². The van der Waals surface area contributed by atoms with Gasteiger partial charge in [-0.05, 0) is 25.5 Å². The third-order valence-electron chi connectivity index (χ3n) is 2.98. The van der Waals surface area contributed by atoms with Crippen molar-refractivity contribution in [3.05, 3.63) is 24.2 Å². The average molecular weight is 264 g/mol. The second-order valence-corrected chi connectivity index (χ2v) is 4.83. The molecule has 19 heavy (non-hydrogen) atoms. The lowest BCUT2D eigenvalue weighted by Crippen LogP contribution is -2.44. The lowest BCUT2D eigenvalue weighted by Gasteiger charge is -2.19. The van der Waals surface area contributed by atoms with Gasteiger partial charge in [0.25, 0.3) is 5.91 Å². The van der Waals surface area contributed by atoms with Crippen LogP contribution in [0.4, 0.5) is 0 Å². The molecule has 2 rings (SSSR count). The van der Waals surface area contributed by atoms with Crippen LogP contribution in [0.2, 0.25) is 0 Å². The first-order valence-electron chi connectivity index (χ1n) is 6.15. The zero-order chi connectivity index (χ0) is 14.0. The molecule has 0 aliphatic carbocycles. The van der Waals surface area contributed by atoms with Crippen LogP contribution < -0.4 is 5.32 Å². The summed E-state index contributed by atoms with van der Waals surface area (Å²) in [5.74, 6) is -0.868. The smallest absolute Gasteiger partial charge is 0.252 e. The van der Waals surface area contributed by atoms with Crippen molar-refractivity contribution in [3.63, 3.8) is 0 Å². The van der Waals surface area contributed by atoms with E-state index in [4.69, 9.17) is 4.42 Å². The summed E-state index contributed by atoms with van der Waals surface area (Å²) in [6.07, 6.45) is 3.12. The molecule has 1 aliphatic rings. The monoisotopic (exact) mass is 264 g/mol. The highest BCUT2D eigenvalue weighted by atomic mass is 16.3. The molecule has 102 valence electrons. The fraction of sp³-hybridized carbons (Fsp3) is 0.462. The average Bonchev–Trinajstić information content (AvgIpc) is 2.88. The van der Waals surface area contributed by atoms with Gasteiger partial charge in [-0.1, -0.05) is 0 Å². The second-order valence-electron chi connectivity index (χ2n) is 4.83. The van der Waals surface area contributed by atoms with Crippen molar-refractivity contribution in [1.29, 1.82) is 0 Å². The molecule has 1 aromatic rings. The van der Waals surface area contributed by atoms with Gasteiger partial charge in [0, 0.05) is 6.04 Å². The van der Waals surface area contributed by atoms with Crippen LogP contribution in [0.25, 0.3) is 0 Å². The minimum atomic E-state index is -0.741. The minimum Gasteiger partial charge on any atom is -0.472 e. The lowest BCUT2D eigenvalue weighted by molar-refractivity contribution is -0.141. The quantitative estimate of drug-likeness (QED) is 0.802. The molecule has 1 fully saturated rings. The Morgan fingerprint density at radius 3 is 2.79 bits per heavy atom. The molecule has 0 spiro atoms. The number of carbonyl (C=O) groups is 3. The van der Waals surface area contributed by atoms with Gasteiger partial charge in [0.2, 0.25) is 11.8 Å². The Morgan fingerprint density at radius 1 is 1.53 bits per heavy atom. The van der Waals surface area contributed by atoms with Crippen LogP contribution in [-0.2, 0) is 20.8 Å². The maximum Gasteiger partial charge on any atom is 0.252 e. The van der Waals surface area contributed by atoms with Crippen molar-refractivity contribution in [3.8, 4) is 0 Å². The first-order valence-corrected chi connectivity index (χ1v) is 6.15. The zero-order valence-corrected chi connectivity index (χ0v) is 10.9. The topological polar surface area (TPSA) is 79.6 Å². The normalized spacial score (nSPS) is 19.3. The number of likely N-dealkylation sites (tertiary alicyclic amines) is 1. The van der Waals surface area contributed by atoms with Gasteiger partial charge in [-0.3, -0.25) is 19.3 Å². The number of furan rings is 1. The number of imide groups is 1. The van der Waals surface area contributed by atoms with Crippen LogP contribution in [0.15, 0.2) is 23.0 Å². The van der Waals surface area contributed by atoms with Crippen LogP contribution in [0.1, 0.15) is 25.8 Å². The van der Waals surface area contributed by atoms with E-state index >= 15 is 0 Å². The minimum absolute atomic E-state index is 0.0359. The first-order chi connectivity index (χ1) is 8.99. The molecule has 1 aliphatic heterocycles. The predicted molar refractivity (Wildman–Crippen MR) is 65.9 cm³/mol. The Morgan fingerprint density at radius 2 is 2.26 bits per heavy atom. The number of hydrogen-bond acceptors (Lipinski definition) is 4. The highest BCUT2D eigenvalue weighted by Gasteiger charge is 2.40. The molecule has 2 heterocycles. The molecular weight excluding hydrogens is 248 g/mol. The molecule has 0 aromatic carbocycles. The summed E-state index contributed by atoms with van der Waals surface area (Å²) >= 11 is 0. The van der Waals surface area contributed by atoms with E-state index in [1.807, 2.05) is 0 Å². The van der Waals surface area contributed by atoms with Crippen LogP contribution in [0, 0.1) is 0 Å². The number of rotatable bonds is 4. The molecule has 0 radical (unpaired) electrons. The summed E-state index contributed by atoms with van der Waals surface area (Å²) in [4.78, 5) is 36.6. The van der Waals surface area contributed by atoms with E-state index in [0.717, 1.165) is 5.56 Å². The summed E-state index contributed by atoms with van der Waals surface area (Å²) < 4.78 is 4.86. The van der Waals surface area contributed by atoms with Crippen LogP contribution >= 0.6 is 0 Å². The largest absolute Gasteiger partial charge is 0.472 e. The molecule has 6 nitrogen and oxygen atoms in total. The van der Waals surface area contributed by atoms with Crippen molar-refractivity contribution in [1.82, 2.24) is 10.2 Å². The molecule has 1 saturated heterocycles. The van der Waals surface area contributed by atoms with Gasteiger partial charge < -0.3 is 9.73 Å². The van der Waals surface area contributed by atoms with Crippen LogP contribution in [0.3, 0.4) is 0 Å². The summed E-state index contributed by atoms with van der Waals surface area (Å²) in [5, 5.41) is 2.59. The molecule has 1 atom stereocenters. The van der Waals surface area contributed by atoms with Gasteiger partial charge in [-0.25, -0.2) is 0 Å². The van der Waals surface area contributed by atoms with Gasteiger partial charge in [-0.2, -0.15) is 0 Å². The summed E-state index contributed by atoms with van der Waals surface area (Å²) in [6, 6.07) is 0.756. The number of carbonyl (C=O) groups excluding carboxylic acids is 3. The predicted octanol–water partition coefficient (Wildman–Crippen LogP) is 0.474. The number of nitrogens with one attached hydrogen (secondary N) is 1. The van der Waals surface area contributed by atoms with Crippen molar-refractivity contribution in [2.75, 3.05) is 0 Å². The Balaban J connectivity index is 1.95. The van der Waals surface area contributed by atoms with Crippen molar-refractivity contribution in [2.45, 2.75) is 38.8 Å². The fourth-order valence-corrected chi connectivity index (χ4v) is 2.13. The molecule has 0 bridgehead atoms. The van der Waals surface area contributed by atoms with E-state index in [-0.39, 0.29) is 36.6 Å². The van der Waals surface area contributed by atoms with Gasteiger partial charge >= 0.3 is 0 Å². The third-order valence-corrected chi connectivity index (χ3v) is 2.98. The lowest BCUT2D eigenvalue weighted by atomic mass is 10.2. The van der Waals surface area contributed by atoms with Gasteiger partial charge in [-0.15, -0.1) is 0 Å². The Bertz CT molecular complexity index is 493. The van der Waals surface area contributed by atoms with Gasteiger partial charge in [0.05, 0.1) is 25.4 Å². The molecule has 6 heteroatoms. The van der Waals surface area contributed by atoms with E-state index in [9.17, 15) is 14.4 Å². The van der Waals surface area contributed by atoms with E-state index in [1.165, 1.54) is 17.4 Å². The number of hydrogen-bond donors (Lipinski definition) is 1. The highest BCUT2D eigenvalue weighted by Crippen LogP contribution is 2.16. The molecule has 1 aromatic heterocycles. The van der Waals surface area contributed by atoms with Crippen molar-refractivity contribution < 1.29 is 18.8 Å². The van der Waals surface area contributed by atoms with E-state index in [1.54, 1.807) is 19.9 Å².